The molecule has 0 fully saturated rings. The first kappa shape index (κ1) is 13.9. The Labute approximate surface area is 107 Å². The Kier molecular flexibility index (Phi) is 5.94. The lowest BCUT2D eigenvalue weighted by atomic mass is 10.3. The first-order chi connectivity index (χ1) is 8.17. The summed E-state index contributed by atoms with van der Waals surface area (Å²) in [7, 11) is 0. The van der Waals surface area contributed by atoms with Crippen LogP contribution in [0, 0.1) is 0 Å². The van der Waals surface area contributed by atoms with E-state index in [9.17, 15) is 4.79 Å². The second-order valence-corrected chi connectivity index (χ2v) is 4.02. The minimum Gasteiger partial charge on any atom is -0.349 e. The maximum absolute atomic E-state index is 11.7. The average molecular weight is 256 g/mol. The minimum atomic E-state index is -0.181. The highest BCUT2D eigenvalue weighted by Gasteiger charge is 2.07. The van der Waals surface area contributed by atoms with Gasteiger partial charge in [0.1, 0.15) is 10.8 Å². The molecule has 1 aromatic rings. The summed E-state index contributed by atoms with van der Waals surface area (Å²) in [5.74, 6) is -0.181. The van der Waals surface area contributed by atoms with Gasteiger partial charge < -0.3 is 10.2 Å². The lowest BCUT2D eigenvalue weighted by molar-refractivity contribution is 0.0944. The maximum atomic E-state index is 11.7. The lowest BCUT2D eigenvalue weighted by Crippen LogP contribution is -2.35. The summed E-state index contributed by atoms with van der Waals surface area (Å²) in [6.45, 7) is 7.64. The molecule has 1 rings (SSSR count). The summed E-state index contributed by atoms with van der Waals surface area (Å²) in [5.41, 5.74) is 0.358. The van der Waals surface area contributed by atoms with Crippen LogP contribution in [-0.4, -0.2) is 42.0 Å². The summed E-state index contributed by atoms with van der Waals surface area (Å²) in [4.78, 5) is 17.9. The van der Waals surface area contributed by atoms with Gasteiger partial charge in [0.25, 0.3) is 5.91 Å². The molecule has 0 saturated carbocycles. The van der Waals surface area contributed by atoms with Crippen molar-refractivity contribution in [1.82, 2.24) is 15.2 Å². The van der Waals surface area contributed by atoms with Crippen molar-refractivity contribution in [3.05, 3.63) is 29.0 Å². The highest BCUT2D eigenvalue weighted by Crippen LogP contribution is 2.04. The fraction of sp³-hybridized carbons (Fsp3) is 0.500. The third-order valence-corrected chi connectivity index (χ3v) is 2.77. The average Bonchev–Trinajstić information content (AvgIpc) is 2.34. The molecular formula is C12H18ClN3O. The van der Waals surface area contributed by atoms with Gasteiger partial charge in [0, 0.05) is 13.1 Å². The first-order valence-corrected chi connectivity index (χ1v) is 6.18. The van der Waals surface area contributed by atoms with E-state index in [-0.39, 0.29) is 5.91 Å². The number of hydrogen-bond acceptors (Lipinski definition) is 3. The van der Waals surface area contributed by atoms with E-state index < -0.39 is 0 Å². The number of likely N-dealkylation sites (N-methyl/N-ethyl adjacent to an activating group) is 1. The molecule has 0 bridgehead atoms. The Morgan fingerprint density at radius 3 is 2.71 bits per heavy atom. The normalized spacial score (nSPS) is 10.6. The first-order valence-electron chi connectivity index (χ1n) is 5.80. The SMILES string of the molecule is CCN(CC)CCNC(=O)c1cccc(Cl)n1. The van der Waals surface area contributed by atoms with Gasteiger partial charge in [-0.3, -0.25) is 4.79 Å². The maximum Gasteiger partial charge on any atom is 0.269 e. The number of pyridine rings is 1. The van der Waals surface area contributed by atoms with Crippen LogP contribution < -0.4 is 5.32 Å². The van der Waals surface area contributed by atoms with Gasteiger partial charge in [0.15, 0.2) is 0 Å². The third kappa shape index (κ3) is 4.71. The van der Waals surface area contributed by atoms with E-state index in [4.69, 9.17) is 11.6 Å². The van der Waals surface area contributed by atoms with Crippen LogP contribution in [0.15, 0.2) is 18.2 Å². The number of amides is 1. The van der Waals surface area contributed by atoms with Crippen molar-refractivity contribution in [2.75, 3.05) is 26.2 Å². The molecule has 0 spiro atoms. The Morgan fingerprint density at radius 1 is 1.41 bits per heavy atom. The molecule has 0 aliphatic heterocycles. The van der Waals surface area contributed by atoms with Crippen LogP contribution in [0.4, 0.5) is 0 Å². The third-order valence-electron chi connectivity index (χ3n) is 2.56. The molecule has 1 amide bonds. The smallest absolute Gasteiger partial charge is 0.269 e. The number of hydrogen-bond donors (Lipinski definition) is 1. The quantitative estimate of drug-likeness (QED) is 0.789. The zero-order chi connectivity index (χ0) is 12.7. The molecule has 0 unspecified atom stereocenters. The van der Waals surface area contributed by atoms with Crippen LogP contribution in [0.3, 0.4) is 0 Å². The molecule has 1 N–H and O–H groups in total. The predicted molar refractivity (Wildman–Crippen MR) is 69.4 cm³/mol. The number of carbonyl (C=O) groups is 1. The lowest BCUT2D eigenvalue weighted by Gasteiger charge is -2.17. The van der Waals surface area contributed by atoms with Crippen molar-refractivity contribution in [3.63, 3.8) is 0 Å². The number of nitrogens with one attached hydrogen (secondary N) is 1. The second kappa shape index (κ2) is 7.25. The predicted octanol–water partition coefficient (Wildman–Crippen LogP) is 1.81. The molecule has 0 aliphatic carbocycles. The molecule has 0 aliphatic rings. The Morgan fingerprint density at radius 2 is 2.12 bits per heavy atom. The summed E-state index contributed by atoms with van der Waals surface area (Å²) in [6, 6.07) is 5.02. The van der Waals surface area contributed by atoms with Gasteiger partial charge in [-0.15, -0.1) is 0 Å². The van der Waals surface area contributed by atoms with E-state index in [1.165, 1.54) is 0 Å². The summed E-state index contributed by atoms with van der Waals surface area (Å²) in [5, 5.41) is 3.16. The highest BCUT2D eigenvalue weighted by atomic mass is 35.5. The van der Waals surface area contributed by atoms with E-state index in [0.717, 1.165) is 19.6 Å². The van der Waals surface area contributed by atoms with E-state index in [0.29, 0.717) is 17.4 Å². The van der Waals surface area contributed by atoms with Crippen LogP contribution in [0.2, 0.25) is 5.15 Å². The van der Waals surface area contributed by atoms with Crippen LogP contribution in [-0.2, 0) is 0 Å². The summed E-state index contributed by atoms with van der Waals surface area (Å²) in [6.07, 6.45) is 0. The fourth-order valence-electron chi connectivity index (χ4n) is 1.49. The molecule has 0 aromatic carbocycles. The van der Waals surface area contributed by atoms with Crippen LogP contribution >= 0.6 is 11.6 Å². The van der Waals surface area contributed by atoms with Gasteiger partial charge in [-0.05, 0) is 25.2 Å². The monoisotopic (exact) mass is 255 g/mol. The van der Waals surface area contributed by atoms with Gasteiger partial charge in [-0.1, -0.05) is 31.5 Å². The molecule has 0 radical (unpaired) electrons. The molecule has 17 heavy (non-hydrogen) atoms. The van der Waals surface area contributed by atoms with Crippen molar-refractivity contribution in [2.24, 2.45) is 0 Å². The van der Waals surface area contributed by atoms with Crippen LogP contribution in [0.25, 0.3) is 0 Å². The standard InChI is InChI=1S/C12H18ClN3O/c1-3-16(4-2)9-8-14-12(17)10-6-5-7-11(13)15-10/h5-7H,3-4,8-9H2,1-2H3,(H,14,17). The van der Waals surface area contributed by atoms with Gasteiger partial charge >= 0.3 is 0 Å². The van der Waals surface area contributed by atoms with E-state index in [1.54, 1.807) is 18.2 Å². The van der Waals surface area contributed by atoms with Crippen molar-refractivity contribution in [2.45, 2.75) is 13.8 Å². The zero-order valence-corrected chi connectivity index (χ0v) is 11.0. The Balaban J connectivity index is 2.40. The van der Waals surface area contributed by atoms with Crippen molar-refractivity contribution >= 4 is 17.5 Å². The van der Waals surface area contributed by atoms with Gasteiger partial charge in [-0.25, -0.2) is 4.98 Å². The molecule has 0 atom stereocenters. The van der Waals surface area contributed by atoms with Gasteiger partial charge in [0.05, 0.1) is 0 Å². The molecule has 0 saturated heterocycles. The summed E-state index contributed by atoms with van der Waals surface area (Å²) < 4.78 is 0. The number of rotatable bonds is 6. The van der Waals surface area contributed by atoms with Gasteiger partial charge in [0.2, 0.25) is 0 Å². The molecule has 4 nitrogen and oxygen atoms in total. The van der Waals surface area contributed by atoms with E-state index in [1.807, 2.05) is 0 Å². The zero-order valence-electron chi connectivity index (χ0n) is 10.2. The number of carbonyl (C=O) groups excluding carboxylic acids is 1. The summed E-state index contributed by atoms with van der Waals surface area (Å²) >= 11 is 5.72. The molecular weight excluding hydrogens is 238 g/mol. The molecule has 5 heteroatoms. The van der Waals surface area contributed by atoms with Crippen LogP contribution in [0.5, 0.6) is 0 Å². The van der Waals surface area contributed by atoms with E-state index >= 15 is 0 Å². The number of halogens is 1. The highest BCUT2D eigenvalue weighted by molar-refractivity contribution is 6.29. The van der Waals surface area contributed by atoms with Crippen molar-refractivity contribution < 1.29 is 4.79 Å². The topological polar surface area (TPSA) is 45.2 Å². The van der Waals surface area contributed by atoms with Crippen molar-refractivity contribution in [3.8, 4) is 0 Å². The van der Waals surface area contributed by atoms with E-state index in [2.05, 4.69) is 29.0 Å². The number of aromatic nitrogens is 1. The second-order valence-electron chi connectivity index (χ2n) is 3.63. The van der Waals surface area contributed by atoms with Crippen molar-refractivity contribution in [1.29, 1.82) is 0 Å². The Hall–Kier alpha value is -1.13. The number of nitrogens with zero attached hydrogens (tertiary/aromatic N) is 2. The van der Waals surface area contributed by atoms with Gasteiger partial charge in [-0.2, -0.15) is 0 Å². The largest absolute Gasteiger partial charge is 0.349 e. The fourth-order valence-corrected chi connectivity index (χ4v) is 1.66. The minimum absolute atomic E-state index is 0.181. The molecule has 94 valence electrons. The molecule has 1 aromatic heterocycles. The molecule has 1 heterocycles. The Bertz CT molecular complexity index is 367. The van der Waals surface area contributed by atoms with Crippen LogP contribution in [0.1, 0.15) is 24.3 Å².